The van der Waals surface area contributed by atoms with Crippen LogP contribution in [-0.2, 0) is 20.7 Å². The van der Waals surface area contributed by atoms with Crippen molar-refractivity contribution in [2.45, 2.75) is 31.2 Å². The lowest BCUT2D eigenvalue weighted by Gasteiger charge is -2.33. The predicted molar refractivity (Wildman–Crippen MR) is 74.1 cm³/mol. The summed E-state index contributed by atoms with van der Waals surface area (Å²) in [7, 11) is 0. The summed E-state index contributed by atoms with van der Waals surface area (Å²) in [4.78, 5) is 22.3. The molecule has 0 saturated heterocycles. The third-order valence-electron chi connectivity index (χ3n) is 3.79. The quantitative estimate of drug-likeness (QED) is 0.575. The van der Waals surface area contributed by atoms with Crippen molar-refractivity contribution >= 4 is 11.9 Å². The SMILES string of the molecule is O=C(O)C[C@H]1OC(=O)C=C1[C@H]1Oc2cc(O)cc(O)c2C[C@H]1O. The summed E-state index contributed by atoms with van der Waals surface area (Å²) in [6.45, 7) is 0. The molecule has 0 fully saturated rings. The average Bonchev–Trinajstić information content (AvgIpc) is 2.78. The fourth-order valence-electron chi connectivity index (χ4n) is 2.80. The van der Waals surface area contributed by atoms with Crippen molar-refractivity contribution in [3.8, 4) is 17.2 Å². The number of aliphatic carboxylic acids is 1. The molecule has 2 aliphatic rings. The molecule has 0 aromatic heterocycles. The van der Waals surface area contributed by atoms with Crippen LogP contribution in [0.25, 0.3) is 0 Å². The number of benzene rings is 1. The highest BCUT2D eigenvalue weighted by atomic mass is 16.6. The first-order chi connectivity index (χ1) is 10.8. The predicted octanol–water partition coefficient (Wildman–Crippen LogP) is 0.0887. The van der Waals surface area contributed by atoms with Crippen molar-refractivity contribution < 1.29 is 39.5 Å². The van der Waals surface area contributed by atoms with Crippen LogP contribution >= 0.6 is 0 Å². The molecule has 3 rings (SSSR count). The summed E-state index contributed by atoms with van der Waals surface area (Å²) in [5.41, 5.74) is 0.547. The molecule has 0 saturated carbocycles. The van der Waals surface area contributed by atoms with Gasteiger partial charge in [0, 0.05) is 35.8 Å². The third-order valence-corrected chi connectivity index (χ3v) is 3.79. The summed E-state index contributed by atoms with van der Waals surface area (Å²) in [6, 6.07) is 2.41. The van der Waals surface area contributed by atoms with Crippen molar-refractivity contribution in [1.29, 1.82) is 0 Å². The number of carboxylic acid groups (broad SMARTS) is 1. The number of ether oxygens (including phenoxy) is 2. The van der Waals surface area contributed by atoms with E-state index in [0.29, 0.717) is 5.56 Å². The lowest BCUT2D eigenvalue weighted by Crippen LogP contribution is -2.41. The zero-order valence-corrected chi connectivity index (χ0v) is 11.8. The maximum Gasteiger partial charge on any atom is 0.331 e. The van der Waals surface area contributed by atoms with Crippen LogP contribution in [0.3, 0.4) is 0 Å². The van der Waals surface area contributed by atoms with Crippen LogP contribution in [0.4, 0.5) is 0 Å². The maximum atomic E-state index is 11.4. The van der Waals surface area contributed by atoms with E-state index in [1.54, 1.807) is 0 Å². The molecule has 8 heteroatoms. The monoisotopic (exact) mass is 322 g/mol. The Hall–Kier alpha value is -2.74. The van der Waals surface area contributed by atoms with E-state index in [1.807, 2.05) is 0 Å². The van der Waals surface area contributed by atoms with E-state index >= 15 is 0 Å². The molecule has 2 heterocycles. The summed E-state index contributed by atoms with van der Waals surface area (Å²) >= 11 is 0. The second-order valence-corrected chi connectivity index (χ2v) is 5.42. The number of aliphatic hydroxyl groups excluding tert-OH is 1. The van der Waals surface area contributed by atoms with Gasteiger partial charge in [0.05, 0.1) is 12.5 Å². The fraction of sp³-hybridized carbons (Fsp3) is 0.333. The Kier molecular flexibility index (Phi) is 3.61. The number of carbonyl (C=O) groups excluding carboxylic acids is 1. The van der Waals surface area contributed by atoms with Crippen LogP contribution in [0.15, 0.2) is 23.8 Å². The van der Waals surface area contributed by atoms with E-state index in [4.69, 9.17) is 14.6 Å². The van der Waals surface area contributed by atoms with Gasteiger partial charge in [-0.3, -0.25) is 4.79 Å². The first-order valence-corrected chi connectivity index (χ1v) is 6.88. The van der Waals surface area contributed by atoms with Crippen LogP contribution in [0.1, 0.15) is 12.0 Å². The van der Waals surface area contributed by atoms with Gasteiger partial charge < -0.3 is 29.9 Å². The number of hydrogen-bond donors (Lipinski definition) is 4. The summed E-state index contributed by atoms with van der Waals surface area (Å²) < 4.78 is 10.5. The zero-order chi connectivity index (χ0) is 16.7. The summed E-state index contributed by atoms with van der Waals surface area (Å²) in [5.74, 6) is -2.13. The second kappa shape index (κ2) is 5.47. The molecule has 0 amide bonds. The van der Waals surface area contributed by atoms with E-state index in [-0.39, 0.29) is 29.2 Å². The molecule has 23 heavy (non-hydrogen) atoms. The van der Waals surface area contributed by atoms with E-state index in [2.05, 4.69) is 0 Å². The van der Waals surface area contributed by atoms with Crippen molar-refractivity contribution in [2.24, 2.45) is 0 Å². The number of fused-ring (bicyclic) bond motifs is 1. The van der Waals surface area contributed by atoms with Crippen molar-refractivity contribution in [3.05, 3.63) is 29.3 Å². The smallest absolute Gasteiger partial charge is 0.331 e. The lowest BCUT2D eigenvalue weighted by molar-refractivity contribution is -0.144. The molecule has 4 N–H and O–H groups in total. The highest BCUT2D eigenvalue weighted by molar-refractivity contribution is 5.87. The number of carboxylic acids is 1. The van der Waals surface area contributed by atoms with Gasteiger partial charge in [-0.05, 0) is 0 Å². The molecular weight excluding hydrogens is 308 g/mol. The highest BCUT2D eigenvalue weighted by Gasteiger charge is 2.41. The van der Waals surface area contributed by atoms with Crippen LogP contribution in [0.2, 0.25) is 0 Å². The van der Waals surface area contributed by atoms with Crippen LogP contribution < -0.4 is 4.74 Å². The van der Waals surface area contributed by atoms with Gasteiger partial charge in [0.1, 0.15) is 29.5 Å². The van der Waals surface area contributed by atoms with Gasteiger partial charge in [0.15, 0.2) is 0 Å². The van der Waals surface area contributed by atoms with Crippen LogP contribution in [0.5, 0.6) is 17.2 Å². The largest absolute Gasteiger partial charge is 0.508 e. The van der Waals surface area contributed by atoms with Gasteiger partial charge in [0.2, 0.25) is 0 Å². The zero-order valence-electron chi connectivity index (χ0n) is 11.8. The number of esters is 1. The van der Waals surface area contributed by atoms with E-state index < -0.39 is 36.7 Å². The molecule has 122 valence electrons. The van der Waals surface area contributed by atoms with Crippen LogP contribution in [-0.4, -0.2) is 50.7 Å². The number of aromatic hydroxyl groups is 2. The number of carbonyl (C=O) groups is 2. The minimum atomic E-state index is -1.16. The van der Waals surface area contributed by atoms with Crippen LogP contribution in [0, 0.1) is 0 Å². The lowest BCUT2D eigenvalue weighted by atomic mass is 9.91. The average molecular weight is 322 g/mol. The van der Waals surface area contributed by atoms with Gasteiger partial charge >= 0.3 is 11.9 Å². The Morgan fingerprint density at radius 3 is 2.70 bits per heavy atom. The van der Waals surface area contributed by atoms with Crippen molar-refractivity contribution in [1.82, 2.24) is 0 Å². The van der Waals surface area contributed by atoms with Crippen molar-refractivity contribution in [3.63, 3.8) is 0 Å². The molecule has 3 atom stereocenters. The first kappa shape index (κ1) is 15.2. The molecule has 0 unspecified atom stereocenters. The minimum absolute atomic E-state index is 0.0252. The number of phenols is 2. The van der Waals surface area contributed by atoms with Gasteiger partial charge in [-0.15, -0.1) is 0 Å². The number of hydrogen-bond acceptors (Lipinski definition) is 7. The normalized spacial score (nSPS) is 26.0. The Bertz CT molecular complexity index is 708. The molecule has 0 spiro atoms. The Labute approximate surface area is 130 Å². The first-order valence-electron chi connectivity index (χ1n) is 6.88. The maximum absolute atomic E-state index is 11.4. The van der Waals surface area contributed by atoms with Crippen molar-refractivity contribution in [2.75, 3.05) is 0 Å². The van der Waals surface area contributed by atoms with E-state index in [1.165, 1.54) is 6.07 Å². The van der Waals surface area contributed by atoms with E-state index in [9.17, 15) is 24.9 Å². The Balaban J connectivity index is 1.92. The number of phenolic OH excluding ortho intramolecular Hbond substituents is 2. The van der Waals surface area contributed by atoms with Gasteiger partial charge in [-0.25, -0.2) is 4.79 Å². The molecule has 0 bridgehead atoms. The Morgan fingerprint density at radius 2 is 2.00 bits per heavy atom. The summed E-state index contributed by atoms with van der Waals surface area (Å²) in [6.07, 6.45) is -2.43. The number of rotatable bonds is 3. The van der Waals surface area contributed by atoms with E-state index in [0.717, 1.165) is 12.1 Å². The molecular formula is C15H14O8. The molecule has 1 aromatic rings. The van der Waals surface area contributed by atoms with Gasteiger partial charge in [-0.1, -0.05) is 0 Å². The van der Waals surface area contributed by atoms with Gasteiger partial charge in [-0.2, -0.15) is 0 Å². The molecule has 0 aliphatic carbocycles. The molecule has 2 aliphatic heterocycles. The second-order valence-electron chi connectivity index (χ2n) is 5.42. The number of aliphatic hydroxyl groups is 1. The Morgan fingerprint density at radius 1 is 1.26 bits per heavy atom. The third kappa shape index (κ3) is 2.80. The minimum Gasteiger partial charge on any atom is -0.508 e. The number of cyclic esters (lactones) is 1. The molecule has 8 nitrogen and oxygen atoms in total. The summed E-state index contributed by atoms with van der Waals surface area (Å²) in [5, 5.41) is 38.5. The topological polar surface area (TPSA) is 134 Å². The molecule has 0 radical (unpaired) electrons. The highest BCUT2D eigenvalue weighted by Crippen LogP contribution is 2.40. The standard InChI is InChI=1S/C15H14O8/c16-6-1-9(17)7-3-10(18)15(23-11(7)2-6)8-4-14(21)22-12(8)5-13(19)20/h1-2,4,10,12,15-18H,3,5H2,(H,19,20)/t10-,12-,15-/m1/s1. The molecule has 1 aromatic carbocycles. The fourth-order valence-corrected chi connectivity index (χ4v) is 2.80. The van der Waals surface area contributed by atoms with Gasteiger partial charge in [0.25, 0.3) is 0 Å².